The van der Waals surface area contributed by atoms with Gasteiger partial charge in [-0.2, -0.15) is 0 Å². The van der Waals surface area contributed by atoms with Crippen molar-refractivity contribution in [3.05, 3.63) is 78.1 Å². The van der Waals surface area contributed by atoms with Gasteiger partial charge in [0.2, 0.25) is 5.91 Å². The number of hydrogen-bond donors (Lipinski definition) is 1. The second kappa shape index (κ2) is 11.0. The number of hydrogen-bond acceptors (Lipinski definition) is 5. The molecule has 186 valence electrons. The Labute approximate surface area is 211 Å². The van der Waals surface area contributed by atoms with Gasteiger partial charge in [0.25, 0.3) is 0 Å². The van der Waals surface area contributed by atoms with Crippen LogP contribution in [-0.2, 0) is 11.2 Å². The third kappa shape index (κ3) is 5.23. The summed E-state index contributed by atoms with van der Waals surface area (Å²) in [6.07, 6.45) is 4.26. The molecule has 0 fully saturated rings. The number of aryl methyl sites for hydroxylation is 1. The zero-order valence-electron chi connectivity index (χ0n) is 21.3. The van der Waals surface area contributed by atoms with Crippen LogP contribution in [0.5, 0.6) is 17.2 Å². The van der Waals surface area contributed by atoms with Crippen LogP contribution in [0.2, 0.25) is 0 Å². The molecule has 4 rings (SSSR count). The Morgan fingerprint density at radius 2 is 1.69 bits per heavy atom. The molecule has 1 aromatic heterocycles. The number of ether oxygens (including phenoxy) is 3. The molecular formula is C30H31NO5. The molecule has 0 saturated carbocycles. The molecule has 0 radical (unpaired) electrons. The van der Waals surface area contributed by atoms with Crippen molar-refractivity contribution in [3.8, 4) is 28.4 Å². The summed E-state index contributed by atoms with van der Waals surface area (Å²) in [4.78, 5) is 12.8. The van der Waals surface area contributed by atoms with Crippen molar-refractivity contribution < 1.29 is 23.4 Å². The fourth-order valence-corrected chi connectivity index (χ4v) is 4.14. The Hall–Kier alpha value is -4.19. The molecule has 0 saturated heterocycles. The first-order valence-corrected chi connectivity index (χ1v) is 12.0. The second-order valence-corrected chi connectivity index (χ2v) is 8.36. The highest BCUT2D eigenvalue weighted by atomic mass is 16.5. The molecule has 0 aliphatic rings. The number of benzene rings is 3. The first-order valence-electron chi connectivity index (χ1n) is 12.0. The van der Waals surface area contributed by atoms with Crippen LogP contribution in [0.4, 0.5) is 5.69 Å². The van der Waals surface area contributed by atoms with Gasteiger partial charge >= 0.3 is 0 Å². The van der Waals surface area contributed by atoms with Crippen LogP contribution in [0, 0.1) is 0 Å². The minimum absolute atomic E-state index is 0.202. The quantitative estimate of drug-likeness (QED) is 0.256. The van der Waals surface area contributed by atoms with E-state index in [4.69, 9.17) is 18.6 Å². The highest BCUT2D eigenvalue weighted by Crippen LogP contribution is 2.40. The smallest absolute Gasteiger partial charge is 0.248 e. The van der Waals surface area contributed by atoms with Crippen molar-refractivity contribution >= 4 is 28.1 Å². The molecule has 0 aliphatic carbocycles. The summed E-state index contributed by atoms with van der Waals surface area (Å²) < 4.78 is 22.6. The highest BCUT2D eigenvalue weighted by Gasteiger charge is 2.16. The lowest BCUT2D eigenvalue weighted by molar-refractivity contribution is -0.111. The average molecular weight is 486 g/mol. The Bertz CT molecular complexity index is 1400. The molecule has 6 heteroatoms. The second-order valence-electron chi connectivity index (χ2n) is 8.36. The van der Waals surface area contributed by atoms with E-state index >= 15 is 0 Å². The van der Waals surface area contributed by atoms with Gasteiger partial charge < -0.3 is 23.9 Å². The summed E-state index contributed by atoms with van der Waals surface area (Å²) >= 11 is 0. The predicted octanol–water partition coefficient (Wildman–Crippen LogP) is 7.12. The van der Waals surface area contributed by atoms with E-state index in [2.05, 4.69) is 12.2 Å². The van der Waals surface area contributed by atoms with Crippen LogP contribution in [-0.4, -0.2) is 26.7 Å². The molecule has 1 N–H and O–H groups in total. The maximum atomic E-state index is 12.8. The van der Waals surface area contributed by atoms with Gasteiger partial charge in [0.05, 0.1) is 27.1 Å². The minimum Gasteiger partial charge on any atom is -0.493 e. The van der Waals surface area contributed by atoms with E-state index in [-0.39, 0.29) is 5.91 Å². The van der Waals surface area contributed by atoms with Crippen molar-refractivity contribution in [1.29, 1.82) is 0 Å². The van der Waals surface area contributed by atoms with E-state index < -0.39 is 0 Å². The van der Waals surface area contributed by atoms with Crippen molar-refractivity contribution in [2.24, 2.45) is 0 Å². The molecule has 6 nitrogen and oxygen atoms in total. The Kier molecular flexibility index (Phi) is 7.64. The van der Waals surface area contributed by atoms with Crippen molar-refractivity contribution in [2.45, 2.75) is 27.2 Å². The summed E-state index contributed by atoms with van der Waals surface area (Å²) in [5.74, 6) is 1.75. The van der Waals surface area contributed by atoms with Crippen molar-refractivity contribution in [3.63, 3.8) is 0 Å². The van der Waals surface area contributed by atoms with Crippen molar-refractivity contribution in [1.82, 2.24) is 0 Å². The molecule has 0 aliphatic heterocycles. The van der Waals surface area contributed by atoms with Gasteiger partial charge in [0, 0.05) is 34.3 Å². The van der Waals surface area contributed by atoms with E-state index in [1.807, 2.05) is 68.4 Å². The van der Waals surface area contributed by atoms with E-state index in [1.165, 1.54) is 5.56 Å². The third-order valence-electron chi connectivity index (χ3n) is 6.07. The molecule has 1 heterocycles. The number of allylic oxidation sites excluding steroid dienone is 1. The predicted molar refractivity (Wildman–Crippen MR) is 144 cm³/mol. The van der Waals surface area contributed by atoms with Crippen LogP contribution >= 0.6 is 0 Å². The number of carbonyl (C=O) groups is 1. The Morgan fingerprint density at radius 3 is 2.36 bits per heavy atom. The molecule has 1 amide bonds. The molecular weight excluding hydrogens is 454 g/mol. The monoisotopic (exact) mass is 485 g/mol. The summed E-state index contributed by atoms with van der Waals surface area (Å²) in [5, 5.41) is 3.84. The third-order valence-corrected chi connectivity index (χ3v) is 6.07. The summed E-state index contributed by atoms with van der Waals surface area (Å²) in [6.45, 7) is 6.42. The standard InChI is InChI=1S/C30H31NO5/c1-6-20-8-11-22(12-9-20)31-30(32)14-19(3)23-16-24-25(18-36-28(24)17-27(23)35-7-2)21-10-13-26(33-4)29(15-21)34-5/h8-18H,6-7H2,1-5H3,(H,31,32)/b19-14+. The maximum Gasteiger partial charge on any atom is 0.248 e. The first kappa shape index (κ1) is 24.9. The van der Waals surface area contributed by atoms with E-state index in [1.54, 1.807) is 26.6 Å². The van der Waals surface area contributed by atoms with Gasteiger partial charge in [-0.1, -0.05) is 25.1 Å². The Balaban J connectivity index is 1.71. The van der Waals surface area contributed by atoms with Gasteiger partial charge in [-0.25, -0.2) is 0 Å². The van der Waals surface area contributed by atoms with E-state index in [0.29, 0.717) is 29.4 Å². The fraction of sp³-hybridized carbons (Fsp3) is 0.233. The van der Waals surface area contributed by atoms with Crippen LogP contribution < -0.4 is 19.5 Å². The number of furan rings is 1. The zero-order valence-corrected chi connectivity index (χ0v) is 21.3. The maximum absolute atomic E-state index is 12.8. The zero-order chi connectivity index (χ0) is 25.7. The van der Waals surface area contributed by atoms with E-state index in [9.17, 15) is 4.79 Å². The minimum atomic E-state index is -0.202. The number of nitrogens with one attached hydrogen (secondary N) is 1. The van der Waals surface area contributed by atoms with Gasteiger partial charge in [-0.05, 0) is 67.3 Å². The average Bonchev–Trinajstić information content (AvgIpc) is 3.31. The lowest BCUT2D eigenvalue weighted by atomic mass is 9.99. The van der Waals surface area contributed by atoms with Crippen LogP contribution in [0.15, 0.2) is 71.4 Å². The molecule has 0 atom stereocenters. The number of amides is 1. The first-order chi connectivity index (χ1) is 17.5. The highest BCUT2D eigenvalue weighted by molar-refractivity contribution is 6.05. The topological polar surface area (TPSA) is 69.9 Å². The van der Waals surface area contributed by atoms with Gasteiger partial charge in [0.1, 0.15) is 11.3 Å². The molecule has 4 aromatic rings. The number of rotatable bonds is 9. The van der Waals surface area contributed by atoms with E-state index in [0.717, 1.165) is 39.8 Å². The number of methoxy groups -OCH3 is 2. The van der Waals surface area contributed by atoms with Gasteiger partial charge in [-0.15, -0.1) is 0 Å². The number of fused-ring (bicyclic) bond motifs is 1. The lowest BCUT2D eigenvalue weighted by Crippen LogP contribution is -2.08. The fourth-order valence-electron chi connectivity index (χ4n) is 4.14. The largest absolute Gasteiger partial charge is 0.493 e. The number of carbonyl (C=O) groups excluding carboxylic acids is 1. The lowest BCUT2D eigenvalue weighted by Gasteiger charge is -2.12. The van der Waals surface area contributed by atoms with Crippen LogP contribution in [0.3, 0.4) is 0 Å². The normalized spacial score (nSPS) is 11.4. The van der Waals surface area contributed by atoms with Gasteiger partial charge in [0.15, 0.2) is 11.5 Å². The summed E-state index contributed by atoms with van der Waals surface area (Å²) in [6, 6.07) is 17.5. The van der Waals surface area contributed by atoms with Crippen LogP contribution in [0.1, 0.15) is 31.9 Å². The summed E-state index contributed by atoms with van der Waals surface area (Å²) in [5.41, 5.74) is 6.11. The molecule has 36 heavy (non-hydrogen) atoms. The molecule has 0 spiro atoms. The summed E-state index contributed by atoms with van der Waals surface area (Å²) in [7, 11) is 3.22. The van der Waals surface area contributed by atoms with Gasteiger partial charge in [-0.3, -0.25) is 4.79 Å². The van der Waals surface area contributed by atoms with Crippen molar-refractivity contribution in [2.75, 3.05) is 26.1 Å². The molecule has 3 aromatic carbocycles. The number of anilines is 1. The SMILES string of the molecule is CCOc1cc2occ(-c3ccc(OC)c(OC)c3)c2cc1/C(C)=C/C(=O)Nc1ccc(CC)cc1. The molecule has 0 bridgehead atoms. The Morgan fingerprint density at radius 1 is 0.944 bits per heavy atom. The molecule has 0 unspecified atom stereocenters. The van der Waals surface area contributed by atoms with Crippen LogP contribution in [0.25, 0.3) is 27.7 Å².